The van der Waals surface area contributed by atoms with Crippen molar-refractivity contribution in [1.29, 1.82) is 0 Å². The number of aromatic amines is 1. The fraction of sp³-hybridized carbons (Fsp3) is 0.409. The van der Waals surface area contributed by atoms with E-state index in [2.05, 4.69) is 25.2 Å². The molecule has 1 aromatic carbocycles. The van der Waals surface area contributed by atoms with E-state index in [1.165, 1.54) is 0 Å². The first-order chi connectivity index (χ1) is 15.1. The Morgan fingerprint density at radius 2 is 1.94 bits per heavy atom. The van der Waals surface area contributed by atoms with Gasteiger partial charge in [-0.1, -0.05) is 6.07 Å². The van der Waals surface area contributed by atoms with Crippen LogP contribution in [-0.4, -0.2) is 59.8 Å². The van der Waals surface area contributed by atoms with Gasteiger partial charge >= 0.3 is 0 Å². The van der Waals surface area contributed by atoms with E-state index in [9.17, 15) is 13.6 Å². The largest absolute Gasteiger partial charge is 0.365 e. The second kappa shape index (κ2) is 9.49. The van der Waals surface area contributed by atoms with Gasteiger partial charge in [0.2, 0.25) is 5.95 Å². The molecule has 1 fully saturated rings. The van der Waals surface area contributed by atoms with Crippen LogP contribution in [0, 0.1) is 5.95 Å². The van der Waals surface area contributed by atoms with Gasteiger partial charge in [-0.15, -0.1) is 0 Å². The molecule has 7 nitrogen and oxygen atoms in total. The van der Waals surface area contributed by atoms with E-state index in [1.807, 2.05) is 29.2 Å². The molecule has 31 heavy (non-hydrogen) atoms. The first-order valence-corrected chi connectivity index (χ1v) is 10.4. The zero-order chi connectivity index (χ0) is 21.8. The van der Waals surface area contributed by atoms with Crippen LogP contribution in [0.3, 0.4) is 0 Å². The summed E-state index contributed by atoms with van der Waals surface area (Å²) in [6.45, 7) is 3.66. The van der Waals surface area contributed by atoms with E-state index in [0.29, 0.717) is 42.0 Å². The lowest BCUT2D eigenvalue weighted by Crippen LogP contribution is -2.46. The Morgan fingerprint density at radius 1 is 1.13 bits per heavy atom. The van der Waals surface area contributed by atoms with Gasteiger partial charge in [0.1, 0.15) is 5.69 Å². The van der Waals surface area contributed by atoms with Crippen molar-refractivity contribution in [2.75, 3.05) is 44.8 Å². The minimum Gasteiger partial charge on any atom is -0.365 e. The van der Waals surface area contributed by atoms with Crippen molar-refractivity contribution in [2.45, 2.75) is 19.5 Å². The number of piperazine rings is 1. The van der Waals surface area contributed by atoms with Crippen LogP contribution in [0.5, 0.6) is 0 Å². The Hall–Kier alpha value is -2.91. The summed E-state index contributed by atoms with van der Waals surface area (Å²) >= 11 is 0. The minimum atomic E-state index is -0.605. The van der Waals surface area contributed by atoms with Crippen LogP contribution in [0.15, 0.2) is 35.1 Å². The van der Waals surface area contributed by atoms with Crippen molar-refractivity contribution in [3.63, 3.8) is 0 Å². The molecule has 0 saturated carbocycles. The highest BCUT2D eigenvalue weighted by Crippen LogP contribution is 2.21. The smallest absolute Gasteiger partial charge is 0.270 e. The van der Waals surface area contributed by atoms with Crippen LogP contribution < -0.4 is 15.8 Å². The average Bonchev–Trinajstić information content (AvgIpc) is 2.76. The van der Waals surface area contributed by atoms with Crippen molar-refractivity contribution in [2.24, 2.45) is 0 Å². The van der Waals surface area contributed by atoms with Gasteiger partial charge in [0.05, 0.1) is 29.1 Å². The van der Waals surface area contributed by atoms with Crippen molar-refractivity contribution >= 4 is 16.7 Å². The number of hydrogen-bond donors (Lipinski definition) is 2. The van der Waals surface area contributed by atoms with E-state index < -0.39 is 12.6 Å². The number of aryl methyl sites for hydroxylation is 1. The van der Waals surface area contributed by atoms with Gasteiger partial charge in [-0.05, 0) is 36.9 Å². The van der Waals surface area contributed by atoms with Crippen LogP contribution in [-0.2, 0) is 19.5 Å². The van der Waals surface area contributed by atoms with Gasteiger partial charge in [-0.2, -0.15) is 4.39 Å². The number of nitrogens with zero attached hydrogens (tertiary/aromatic N) is 4. The number of halogens is 2. The number of rotatable bonds is 7. The normalized spacial score (nSPS) is 15.0. The van der Waals surface area contributed by atoms with Crippen LogP contribution in [0.25, 0.3) is 11.0 Å². The Balaban J connectivity index is 1.40. The molecule has 0 radical (unpaired) electrons. The van der Waals surface area contributed by atoms with Gasteiger partial charge < -0.3 is 15.2 Å². The predicted molar refractivity (Wildman–Crippen MR) is 116 cm³/mol. The molecule has 0 atom stereocenters. The molecule has 0 bridgehead atoms. The molecular weight excluding hydrogens is 402 g/mol. The van der Waals surface area contributed by atoms with Gasteiger partial charge in [0, 0.05) is 45.7 Å². The topological polar surface area (TPSA) is 77.1 Å². The van der Waals surface area contributed by atoms with Gasteiger partial charge in [-0.3, -0.25) is 14.1 Å². The summed E-state index contributed by atoms with van der Waals surface area (Å²) in [6, 6.07) is 9.40. The number of anilines is 1. The lowest BCUT2D eigenvalue weighted by Gasteiger charge is -2.36. The summed E-state index contributed by atoms with van der Waals surface area (Å²) in [6.07, 6.45) is 0.0195. The molecule has 3 aromatic rings. The quantitative estimate of drug-likeness (QED) is 0.561. The van der Waals surface area contributed by atoms with E-state index in [4.69, 9.17) is 0 Å². The molecule has 164 valence electrons. The molecule has 0 aliphatic carbocycles. The fourth-order valence-electron chi connectivity index (χ4n) is 3.91. The first kappa shape index (κ1) is 21.3. The van der Waals surface area contributed by atoms with Gasteiger partial charge in [-0.25, -0.2) is 9.97 Å². The molecule has 3 heterocycles. The standard InChI is InChI=1S/C22H26F2N6O/c1-25-13-16-3-5-20(21(24)26-16)30-10-8-29(9-11-30)14-15-2-4-17-19(12-15)28-22(31)18(27-17)6-7-23/h2-5,12,25H,6-11,13-14H2,1H3,(H,28,31). The molecule has 4 rings (SSSR count). The Labute approximate surface area is 179 Å². The SMILES string of the molecule is CNCc1ccc(N2CCN(Cc3ccc4nc(CCF)c(=O)[nH]c4c3)CC2)c(F)n1. The highest BCUT2D eigenvalue weighted by Gasteiger charge is 2.20. The summed E-state index contributed by atoms with van der Waals surface area (Å²) < 4.78 is 27.0. The third-order valence-corrected chi connectivity index (χ3v) is 5.52. The predicted octanol–water partition coefficient (Wildman–Crippen LogP) is 2.01. The van der Waals surface area contributed by atoms with Crippen molar-refractivity contribution < 1.29 is 8.78 Å². The molecule has 0 unspecified atom stereocenters. The molecule has 1 aliphatic rings. The maximum Gasteiger partial charge on any atom is 0.270 e. The highest BCUT2D eigenvalue weighted by molar-refractivity contribution is 5.74. The maximum absolute atomic E-state index is 14.4. The zero-order valence-electron chi connectivity index (χ0n) is 17.5. The number of pyridine rings is 1. The van der Waals surface area contributed by atoms with E-state index in [0.717, 1.165) is 25.2 Å². The molecule has 2 aromatic heterocycles. The molecule has 0 spiro atoms. The van der Waals surface area contributed by atoms with Gasteiger partial charge in [0.15, 0.2) is 0 Å². The van der Waals surface area contributed by atoms with Crippen molar-refractivity contribution in [3.8, 4) is 0 Å². The second-order valence-electron chi connectivity index (χ2n) is 7.71. The lowest BCUT2D eigenvalue weighted by atomic mass is 10.1. The zero-order valence-corrected chi connectivity index (χ0v) is 17.5. The highest BCUT2D eigenvalue weighted by atomic mass is 19.1. The molecule has 2 N–H and O–H groups in total. The van der Waals surface area contributed by atoms with Crippen LogP contribution in [0.1, 0.15) is 17.0 Å². The number of benzene rings is 1. The molecule has 0 amide bonds. The summed E-state index contributed by atoms with van der Waals surface area (Å²) in [5, 5.41) is 2.97. The van der Waals surface area contributed by atoms with E-state index in [1.54, 1.807) is 13.1 Å². The number of H-pyrrole nitrogens is 1. The van der Waals surface area contributed by atoms with Crippen molar-refractivity contribution in [1.82, 2.24) is 25.2 Å². The van der Waals surface area contributed by atoms with Crippen LogP contribution in [0.4, 0.5) is 14.5 Å². The fourth-order valence-corrected chi connectivity index (χ4v) is 3.91. The number of aromatic nitrogens is 3. The average molecular weight is 428 g/mol. The Morgan fingerprint density at radius 3 is 2.65 bits per heavy atom. The molecule has 1 saturated heterocycles. The van der Waals surface area contributed by atoms with E-state index >= 15 is 0 Å². The summed E-state index contributed by atoms with van der Waals surface area (Å²) in [5.41, 5.74) is 3.47. The van der Waals surface area contributed by atoms with E-state index in [-0.39, 0.29) is 17.7 Å². The van der Waals surface area contributed by atoms with Crippen LogP contribution in [0.2, 0.25) is 0 Å². The minimum absolute atomic E-state index is 0.0195. The summed E-state index contributed by atoms with van der Waals surface area (Å²) in [5.74, 6) is -0.431. The number of hydrogen-bond acceptors (Lipinski definition) is 6. The molecule has 9 heteroatoms. The first-order valence-electron chi connectivity index (χ1n) is 10.4. The summed E-state index contributed by atoms with van der Waals surface area (Å²) in [4.78, 5) is 27.5. The van der Waals surface area contributed by atoms with Crippen molar-refractivity contribution in [3.05, 3.63) is 63.6 Å². The lowest BCUT2D eigenvalue weighted by molar-refractivity contribution is 0.249. The second-order valence-corrected chi connectivity index (χ2v) is 7.71. The van der Waals surface area contributed by atoms with Gasteiger partial charge in [0.25, 0.3) is 5.56 Å². The maximum atomic E-state index is 14.4. The molecule has 1 aliphatic heterocycles. The number of fused-ring (bicyclic) bond motifs is 1. The monoisotopic (exact) mass is 428 g/mol. The third kappa shape index (κ3) is 4.88. The number of nitrogens with one attached hydrogen (secondary N) is 2. The van der Waals surface area contributed by atoms with Crippen LogP contribution >= 0.6 is 0 Å². The molecular formula is C22H26F2N6O. The number of alkyl halides is 1. The Kier molecular flexibility index (Phi) is 6.53. The third-order valence-electron chi connectivity index (χ3n) is 5.52. The Bertz CT molecular complexity index is 1110. The summed E-state index contributed by atoms with van der Waals surface area (Å²) in [7, 11) is 1.81.